The summed E-state index contributed by atoms with van der Waals surface area (Å²) in [6.45, 7) is 1.37. The molecule has 0 radical (unpaired) electrons. The van der Waals surface area contributed by atoms with Crippen LogP contribution in [0.1, 0.15) is 36.2 Å². The number of nitrogens with one attached hydrogen (secondary N) is 1. The second-order valence-electron chi connectivity index (χ2n) is 8.52. The van der Waals surface area contributed by atoms with E-state index in [9.17, 15) is 13.5 Å². The average Bonchev–Trinajstić information content (AvgIpc) is 3.62. The molecule has 0 saturated heterocycles. The van der Waals surface area contributed by atoms with Crippen LogP contribution in [0, 0.1) is 5.92 Å². The number of fused-ring (bicyclic) bond motifs is 1. The second kappa shape index (κ2) is 8.52. The lowest BCUT2D eigenvalue weighted by Gasteiger charge is -2.30. The van der Waals surface area contributed by atoms with E-state index in [2.05, 4.69) is 14.6 Å². The number of anilines is 2. The highest BCUT2D eigenvalue weighted by Crippen LogP contribution is 2.34. The van der Waals surface area contributed by atoms with Crippen LogP contribution in [-0.4, -0.2) is 36.6 Å². The van der Waals surface area contributed by atoms with Gasteiger partial charge in [-0.3, -0.25) is 0 Å². The normalized spacial score (nSPS) is 16.1. The van der Waals surface area contributed by atoms with Gasteiger partial charge in [0.1, 0.15) is 17.4 Å². The molecule has 2 N–H and O–H groups in total. The van der Waals surface area contributed by atoms with Gasteiger partial charge < -0.3 is 10.0 Å². The lowest BCUT2D eigenvalue weighted by atomic mass is 10.0. The molecule has 1 fully saturated rings. The molecule has 5 rings (SSSR count). The van der Waals surface area contributed by atoms with E-state index in [1.54, 1.807) is 24.4 Å². The first-order valence-electron chi connectivity index (χ1n) is 11.0. The van der Waals surface area contributed by atoms with Crippen molar-refractivity contribution in [2.24, 2.45) is 5.92 Å². The van der Waals surface area contributed by atoms with Crippen LogP contribution in [0.3, 0.4) is 0 Å². The summed E-state index contributed by atoms with van der Waals surface area (Å²) in [7, 11) is -3.46. The quantitative estimate of drug-likeness (QED) is 0.572. The van der Waals surface area contributed by atoms with Gasteiger partial charge in [0.25, 0.3) is 0 Å². The highest BCUT2D eigenvalue weighted by Gasteiger charge is 2.24. The van der Waals surface area contributed by atoms with Gasteiger partial charge in [-0.1, -0.05) is 12.1 Å². The fraction of sp³-hybridized carbons (Fsp3) is 0.333. The Balaban J connectivity index is 1.31. The zero-order chi connectivity index (χ0) is 22.1. The number of hydrogen-bond acceptors (Lipinski definition) is 6. The van der Waals surface area contributed by atoms with Crippen LogP contribution in [0.15, 0.2) is 59.6 Å². The SMILES string of the molecule is O=S(=O)(NCC1CC1)c1ccc(Cc2nccc(N3CCCc4cc(O)ccc43)n2)cc1. The number of phenols is 1. The van der Waals surface area contributed by atoms with E-state index in [0.717, 1.165) is 54.9 Å². The number of hydrogen-bond donors (Lipinski definition) is 2. The van der Waals surface area contributed by atoms with Gasteiger partial charge in [0.05, 0.1) is 4.90 Å². The smallest absolute Gasteiger partial charge is 0.240 e. The van der Waals surface area contributed by atoms with Gasteiger partial charge in [0, 0.05) is 31.4 Å². The summed E-state index contributed by atoms with van der Waals surface area (Å²) in [4.78, 5) is 11.6. The number of aromatic hydroxyl groups is 1. The van der Waals surface area contributed by atoms with Crippen LogP contribution in [0.5, 0.6) is 5.75 Å². The molecule has 0 amide bonds. The highest BCUT2D eigenvalue weighted by atomic mass is 32.2. The topological polar surface area (TPSA) is 95.4 Å². The Morgan fingerprint density at radius 1 is 1.09 bits per heavy atom. The highest BCUT2D eigenvalue weighted by molar-refractivity contribution is 7.89. The van der Waals surface area contributed by atoms with Crippen LogP contribution < -0.4 is 9.62 Å². The minimum atomic E-state index is -3.46. The monoisotopic (exact) mass is 450 g/mol. The summed E-state index contributed by atoms with van der Waals surface area (Å²) < 4.78 is 27.5. The van der Waals surface area contributed by atoms with Gasteiger partial charge in [-0.15, -0.1) is 0 Å². The van der Waals surface area contributed by atoms with Gasteiger partial charge >= 0.3 is 0 Å². The van der Waals surface area contributed by atoms with Gasteiger partial charge in [0.2, 0.25) is 10.0 Å². The predicted molar refractivity (Wildman–Crippen MR) is 123 cm³/mol. The molecule has 2 heterocycles. The minimum Gasteiger partial charge on any atom is -0.508 e. The number of rotatable bonds is 7. The van der Waals surface area contributed by atoms with Crippen molar-refractivity contribution in [1.29, 1.82) is 0 Å². The fourth-order valence-corrected chi connectivity index (χ4v) is 5.16. The second-order valence-corrected chi connectivity index (χ2v) is 10.3. The van der Waals surface area contributed by atoms with Crippen LogP contribution >= 0.6 is 0 Å². The molecular formula is C24H26N4O3S. The Hall–Kier alpha value is -2.97. The average molecular weight is 451 g/mol. The Kier molecular flexibility index (Phi) is 5.57. The first-order valence-corrected chi connectivity index (χ1v) is 12.5. The minimum absolute atomic E-state index is 0.280. The lowest BCUT2D eigenvalue weighted by molar-refractivity contribution is 0.474. The van der Waals surface area contributed by atoms with E-state index >= 15 is 0 Å². The van der Waals surface area contributed by atoms with Crippen molar-refractivity contribution in [2.75, 3.05) is 18.0 Å². The predicted octanol–water partition coefficient (Wildman–Crippen LogP) is 3.55. The molecular weight excluding hydrogens is 424 g/mol. The summed E-state index contributed by atoms with van der Waals surface area (Å²) in [5.41, 5.74) is 3.13. The third-order valence-corrected chi connectivity index (χ3v) is 7.44. The van der Waals surface area contributed by atoms with Crippen molar-refractivity contribution >= 4 is 21.5 Å². The number of aromatic nitrogens is 2. The van der Waals surface area contributed by atoms with Gasteiger partial charge in [-0.25, -0.2) is 23.1 Å². The Labute approximate surface area is 188 Å². The van der Waals surface area contributed by atoms with E-state index in [4.69, 9.17) is 4.98 Å². The third kappa shape index (κ3) is 4.61. The fourth-order valence-electron chi connectivity index (χ4n) is 4.05. The summed E-state index contributed by atoms with van der Waals surface area (Å²) in [6.07, 6.45) is 6.40. The Morgan fingerprint density at radius 3 is 2.69 bits per heavy atom. The zero-order valence-electron chi connectivity index (χ0n) is 17.7. The number of aryl methyl sites for hydroxylation is 1. The molecule has 8 heteroatoms. The molecule has 2 aromatic carbocycles. The maximum Gasteiger partial charge on any atom is 0.240 e. The van der Waals surface area contributed by atoms with Crippen LogP contribution in [0.2, 0.25) is 0 Å². The van der Waals surface area contributed by atoms with Crippen molar-refractivity contribution < 1.29 is 13.5 Å². The van der Waals surface area contributed by atoms with E-state index in [1.165, 1.54) is 0 Å². The number of nitrogens with zero attached hydrogens (tertiary/aromatic N) is 3. The molecule has 0 unspecified atom stereocenters. The van der Waals surface area contributed by atoms with Crippen LogP contribution in [0.4, 0.5) is 11.5 Å². The third-order valence-electron chi connectivity index (χ3n) is 6.00. The van der Waals surface area contributed by atoms with E-state index in [1.807, 2.05) is 30.3 Å². The lowest BCUT2D eigenvalue weighted by Crippen LogP contribution is -2.26. The van der Waals surface area contributed by atoms with Crippen LogP contribution in [0.25, 0.3) is 0 Å². The summed E-state index contributed by atoms with van der Waals surface area (Å²) in [5, 5.41) is 9.79. The molecule has 1 saturated carbocycles. The van der Waals surface area contributed by atoms with Gasteiger partial charge in [-0.05, 0) is 79.1 Å². The van der Waals surface area contributed by atoms with Crippen molar-refractivity contribution in [3.63, 3.8) is 0 Å². The molecule has 7 nitrogen and oxygen atoms in total. The van der Waals surface area contributed by atoms with Crippen molar-refractivity contribution in [3.8, 4) is 5.75 Å². The number of benzene rings is 2. The molecule has 1 aliphatic carbocycles. The van der Waals surface area contributed by atoms with Crippen molar-refractivity contribution in [1.82, 2.24) is 14.7 Å². The molecule has 32 heavy (non-hydrogen) atoms. The van der Waals surface area contributed by atoms with E-state index < -0.39 is 10.0 Å². The maximum atomic E-state index is 12.4. The first kappa shape index (κ1) is 20.9. The zero-order valence-corrected chi connectivity index (χ0v) is 18.6. The molecule has 0 spiro atoms. The molecule has 3 aromatic rings. The molecule has 166 valence electrons. The number of sulfonamides is 1. The molecule has 2 aliphatic rings. The Bertz CT molecular complexity index is 1220. The Morgan fingerprint density at radius 2 is 1.91 bits per heavy atom. The van der Waals surface area contributed by atoms with Gasteiger partial charge in [-0.2, -0.15) is 0 Å². The number of phenolic OH excluding ortho intramolecular Hbond substituents is 1. The first-order chi connectivity index (χ1) is 15.5. The molecule has 1 aromatic heterocycles. The van der Waals surface area contributed by atoms with E-state index in [-0.39, 0.29) is 10.6 Å². The summed E-state index contributed by atoms with van der Waals surface area (Å²) in [5.74, 6) is 2.27. The molecule has 0 atom stereocenters. The largest absolute Gasteiger partial charge is 0.508 e. The molecule has 1 aliphatic heterocycles. The summed E-state index contributed by atoms with van der Waals surface area (Å²) >= 11 is 0. The van der Waals surface area contributed by atoms with Gasteiger partial charge in [0.15, 0.2) is 0 Å². The van der Waals surface area contributed by atoms with Crippen LogP contribution in [-0.2, 0) is 22.9 Å². The molecule has 0 bridgehead atoms. The van der Waals surface area contributed by atoms with E-state index in [0.29, 0.717) is 24.7 Å². The van der Waals surface area contributed by atoms with Crippen molar-refractivity contribution in [3.05, 3.63) is 71.7 Å². The summed E-state index contributed by atoms with van der Waals surface area (Å²) in [6, 6.07) is 14.3. The standard InChI is InChI=1S/C24H26N4O3S/c29-20-7-10-22-19(15-20)2-1-13-28(22)24-11-12-25-23(27-24)14-17-5-8-21(9-6-17)32(30,31)26-16-18-3-4-18/h5-12,15,18,26,29H,1-4,13-14,16H2. The maximum absolute atomic E-state index is 12.4. The van der Waals surface area contributed by atoms with Crippen molar-refractivity contribution in [2.45, 2.75) is 37.0 Å².